The number of nitrogens with one attached hydrogen (secondary N) is 3. The van der Waals surface area contributed by atoms with Gasteiger partial charge in [0.2, 0.25) is 0 Å². The molecule has 3 atom stereocenters. The van der Waals surface area contributed by atoms with E-state index >= 15 is 0 Å². The van der Waals surface area contributed by atoms with Gasteiger partial charge in [0.1, 0.15) is 12.0 Å². The number of amides is 1. The minimum Gasteiger partial charge on any atom is -0.481 e. The second-order valence-corrected chi connectivity index (χ2v) is 6.50. The summed E-state index contributed by atoms with van der Waals surface area (Å²) in [5, 5.41) is 3.41. The Balaban J connectivity index is 1.62. The van der Waals surface area contributed by atoms with Gasteiger partial charge in [0, 0.05) is 23.0 Å². The molecule has 0 aliphatic carbocycles. The Kier molecular flexibility index (Phi) is 5.70. The highest BCUT2D eigenvalue weighted by Crippen LogP contribution is 2.28. The number of hydrogen-bond donors (Lipinski definition) is 3. The average molecular weight is 382 g/mol. The Morgan fingerprint density at radius 2 is 2.04 bits per heavy atom. The zero-order valence-electron chi connectivity index (χ0n) is 13.9. The standard InChI is InChI=1S/C18H18ClF2N3O2/c1-10-17(11-3-2-4-12(19)7-11)18(24-23-10)22-16(25)9-26-15-6-5-13(20)8-14(15)21/h2-8,10,17-18,23-24H,9H2,1H3,(H,22,25). The molecule has 0 bridgehead atoms. The van der Waals surface area contributed by atoms with Crippen LogP contribution in [0.5, 0.6) is 5.75 Å². The number of halogens is 3. The molecule has 1 amide bonds. The molecule has 1 aliphatic heterocycles. The van der Waals surface area contributed by atoms with E-state index in [2.05, 4.69) is 16.2 Å². The predicted molar refractivity (Wildman–Crippen MR) is 93.7 cm³/mol. The van der Waals surface area contributed by atoms with Crippen LogP contribution in [0, 0.1) is 11.6 Å². The van der Waals surface area contributed by atoms with E-state index in [4.69, 9.17) is 16.3 Å². The van der Waals surface area contributed by atoms with Crippen LogP contribution in [0.1, 0.15) is 18.4 Å². The summed E-state index contributed by atoms with van der Waals surface area (Å²) >= 11 is 6.06. The van der Waals surface area contributed by atoms with E-state index in [1.807, 2.05) is 25.1 Å². The van der Waals surface area contributed by atoms with Gasteiger partial charge in [0.05, 0.1) is 0 Å². The van der Waals surface area contributed by atoms with Crippen LogP contribution in [-0.4, -0.2) is 24.7 Å². The van der Waals surface area contributed by atoms with Gasteiger partial charge < -0.3 is 10.1 Å². The van der Waals surface area contributed by atoms with Gasteiger partial charge in [0.15, 0.2) is 18.2 Å². The molecule has 1 fully saturated rings. The lowest BCUT2D eigenvalue weighted by atomic mass is 9.91. The van der Waals surface area contributed by atoms with Crippen LogP contribution in [0.3, 0.4) is 0 Å². The molecule has 0 aromatic heterocycles. The largest absolute Gasteiger partial charge is 0.481 e. The fraction of sp³-hybridized carbons (Fsp3) is 0.278. The van der Waals surface area contributed by atoms with E-state index in [0.29, 0.717) is 11.1 Å². The molecule has 3 unspecified atom stereocenters. The second-order valence-electron chi connectivity index (χ2n) is 6.07. The molecule has 0 saturated carbocycles. The van der Waals surface area contributed by atoms with Crippen LogP contribution in [0.2, 0.25) is 5.02 Å². The van der Waals surface area contributed by atoms with Crippen LogP contribution in [0.4, 0.5) is 8.78 Å². The van der Waals surface area contributed by atoms with Crippen molar-refractivity contribution < 1.29 is 18.3 Å². The Morgan fingerprint density at radius 3 is 2.77 bits per heavy atom. The molecule has 1 saturated heterocycles. The molecule has 5 nitrogen and oxygen atoms in total. The predicted octanol–water partition coefficient (Wildman–Crippen LogP) is 2.72. The molecule has 2 aromatic rings. The smallest absolute Gasteiger partial charge is 0.259 e. The maximum Gasteiger partial charge on any atom is 0.259 e. The summed E-state index contributed by atoms with van der Waals surface area (Å²) < 4.78 is 31.6. The quantitative estimate of drug-likeness (QED) is 0.745. The number of carbonyl (C=O) groups is 1. The Hall–Kier alpha value is -2.22. The highest BCUT2D eigenvalue weighted by molar-refractivity contribution is 6.30. The van der Waals surface area contributed by atoms with Gasteiger partial charge in [-0.3, -0.25) is 10.2 Å². The third-order valence-corrected chi connectivity index (χ3v) is 4.40. The molecular weight excluding hydrogens is 364 g/mol. The van der Waals surface area contributed by atoms with Crippen molar-refractivity contribution in [3.63, 3.8) is 0 Å². The first kappa shape index (κ1) is 18.6. The van der Waals surface area contributed by atoms with Gasteiger partial charge >= 0.3 is 0 Å². The lowest BCUT2D eigenvalue weighted by Crippen LogP contribution is -2.47. The van der Waals surface area contributed by atoms with Crippen molar-refractivity contribution in [2.75, 3.05) is 6.61 Å². The minimum atomic E-state index is -0.858. The van der Waals surface area contributed by atoms with Crippen LogP contribution in [-0.2, 0) is 4.79 Å². The van der Waals surface area contributed by atoms with Crippen molar-refractivity contribution in [1.82, 2.24) is 16.2 Å². The van der Waals surface area contributed by atoms with E-state index in [0.717, 1.165) is 17.7 Å². The van der Waals surface area contributed by atoms with Gasteiger partial charge in [0.25, 0.3) is 5.91 Å². The van der Waals surface area contributed by atoms with Gasteiger partial charge in [-0.1, -0.05) is 23.7 Å². The molecule has 1 heterocycles. The summed E-state index contributed by atoms with van der Waals surface area (Å²) in [5.74, 6) is -2.24. The van der Waals surface area contributed by atoms with Crippen LogP contribution in [0.15, 0.2) is 42.5 Å². The molecule has 3 rings (SSSR count). The highest BCUT2D eigenvalue weighted by atomic mass is 35.5. The number of hydrazine groups is 1. The maximum absolute atomic E-state index is 13.5. The van der Waals surface area contributed by atoms with Gasteiger partial charge in [-0.15, -0.1) is 0 Å². The van der Waals surface area contributed by atoms with E-state index in [1.54, 1.807) is 6.07 Å². The second kappa shape index (κ2) is 7.99. The zero-order chi connectivity index (χ0) is 18.7. The first-order valence-corrected chi connectivity index (χ1v) is 8.45. The summed E-state index contributed by atoms with van der Waals surface area (Å²) in [4.78, 5) is 12.2. The van der Waals surface area contributed by atoms with Crippen molar-refractivity contribution in [2.45, 2.75) is 25.0 Å². The number of hydrogen-bond acceptors (Lipinski definition) is 4. The molecule has 2 aromatic carbocycles. The molecular formula is C18H18ClF2N3O2. The lowest BCUT2D eigenvalue weighted by Gasteiger charge is -2.22. The summed E-state index contributed by atoms with van der Waals surface area (Å²) in [7, 11) is 0. The van der Waals surface area contributed by atoms with Crippen molar-refractivity contribution >= 4 is 17.5 Å². The Labute approximate surface area is 154 Å². The number of rotatable bonds is 5. The van der Waals surface area contributed by atoms with Crippen LogP contribution >= 0.6 is 11.6 Å². The highest BCUT2D eigenvalue weighted by Gasteiger charge is 2.35. The average Bonchev–Trinajstić information content (AvgIpc) is 2.94. The molecule has 0 radical (unpaired) electrons. The fourth-order valence-electron chi connectivity index (χ4n) is 2.96. The van der Waals surface area contributed by atoms with Gasteiger partial charge in [-0.2, -0.15) is 0 Å². The molecule has 1 aliphatic rings. The maximum atomic E-state index is 13.5. The first-order chi connectivity index (χ1) is 12.4. The normalized spacial score (nSPS) is 22.2. The van der Waals surface area contributed by atoms with Crippen molar-refractivity contribution in [2.24, 2.45) is 0 Å². The van der Waals surface area contributed by atoms with Crippen molar-refractivity contribution in [1.29, 1.82) is 0 Å². The van der Waals surface area contributed by atoms with E-state index < -0.39 is 30.3 Å². The van der Waals surface area contributed by atoms with Crippen LogP contribution in [0.25, 0.3) is 0 Å². The SMILES string of the molecule is CC1NNC(NC(=O)COc2ccc(F)cc2F)C1c1cccc(Cl)c1. The number of ether oxygens (including phenoxy) is 1. The van der Waals surface area contributed by atoms with Gasteiger partial charge in [-0.25, -0.2) is 14.2 Å². The van der Waals surface area contributed by atoms with Gasteiger partial charge in [-0.05, 0) is 36.8 Å². The third kappa shape index (κ3) is 4.30. The van der Waals surface area contributed by atoms with Crippen molar-refractivity contribution in [3.05, 3.63) is 64.7 Å². The van der Waals surface area contributed by atoms with Crippen molar-refractivity contribution in [3.8, 4) is 5.75 Å². The molecule has 8 heteroatoms. The number of benzene rings is 2. The minimum absolute atomic E-state index is 0.0502. The third-order valence-electron chi connectivity index (χ3n) is 4.17. The monoisotopic (exact) mass is 381 g/mol. The Bertz CT molecular complexity index is 806. The van der Waals surface area contributed by atoms with Crippen LogP contribution < -0.4 is 20.9 Å². The van der Waals surface area contributed by atoms with E-state index in [1.165, 1.54) is 0 Å². The summed E-state index contributed by atoms with van der Waals surface area (Å²) in [5.41, 5.74) is 7.07. The Morgan fingerprint density at radius 1 is 1.23 bits per heavy atom. The fourth-order valence-corrected chi connectivity index (χ4v) is 3.16. The first-order valence-electron chi connectivity index (χ1n) is 8.08. The summed E-state index contributed by atoms with van der Waals surface area (Å²) in [6.07, 6.45) is -0.391. The topological polar surface area (TPSA) is 62.4 Å². The molecule has 26 heavy (non-hydrogen) atoms. The lowest BCUT2D eigenvalue weighted by molar-refractivity contribution is -0.124. The molecule has 0 spiro atoms. The summed E-state index contributed by atoms with van der Waals surface area (Å²) in [6.45, 7) is 1.59. The number of carbonyl (C=O) groups excluding carboxylic acids is 1. The van der Waals surface area contributed by atoms with E-state index in [-0.39, 0.29) is 17.7 Å². The zero-order valence-corrected chi connectivity index (χ0v) is 14.7. The summed E-state index contributed by atoms with van der Waals surface area (Å²) in [6, 6.07) is 10.4. The van der Waals surface area contributed by atoms with E-state index in [9.17, 15) is 13.6 Å². The molecule has 138 valence electrons. The molecule has 3 N–H and O–H groups in total.